The zero-order valence-electron chi connectivity index (χ0n) is 16.4. The third kappa shape index (κ3) is 6.69. The number of carbonyl (C=O) groups is 1. The van der Waals surface area contributed by atoms with Gasteiger partial charge in [-0.05, 0) is 6.42 Å². The van der Waals surface area contributed by atoms with Crippen molar-refractivity contribution in [3.63, 3.8) is 0 Å². The van der Waals surface area contributed by atoms with Crippen LogP contribution < -0.4 is 0 Å². The Labute approximate surface area is 200 Å². The van der Waals surface area contributed by atoms with Crippen molar-refractivity contribution in [3.05, 3.63) is 0 Å². The van der Waals surface area contributed by atoms with E-state index in [0.717, 1.165) is 6.42 Å². The second-order valence-corrected chi connectivity index (χ2v) is 7.14. The number of hydrogen-bond acceptors (Lipinski definition) is 13. The molecule has 14 heteroatoms. The van der Waals surface area contributed by atoms with Gasteiger partial charge in [0.1, 0.15) is 55.9 Å². The summed E-state index contributed by atoms with van der Waals surface area (Å²) >= 11 is 0. The molecule has 0 aromatic carbocycles. The van der Waals surface area contributed by atoms with Gasteiger partial charge in [-0.25, -0.2) is 4.79 Å². The van der Waals surface area contributed by atoms with Crippen molar-refractivity contribution in [2.45, 2.75) is 74.6 Å². The number of rotatable bonds is 9. The summed E-state index contributed by atoms with van der Waals surface area (Å²) in [4.78, 5) is 11.6. The summed E-state index contributed by atoms with van der Waals surface area (Å²) < 4.78 is 25.5. The van der Waals surface area contributed by atoms with E-state index in [1.807, 2.05) is 6.92 Å². The molecule has 7 N–H and O–H groups in total. The van der Waals surface area contributed by atoms with Crippen LogP contribution in [0.25, 0.3) is 0 Å². The molecule has 2 aliphatic heterocycles. The molecule has 2 fully saturated rings. The molecule has 0 unspecified atom stereocenters. The van der Waals surface area contributed by atoms with Gasteiger partial charge in [-0.2, -0.15) is 0 Å². The van der Waals surface area contributed by atoms with Gasteiger partial charge in [0, 0.05) is 0 Å². The summed E-state index contributed by atoms with van der Waals surface area (Å²) in [7, 11) is 0. The van der Waals surface area contributed by atoms with Gasteiger partial charge in [-0.1, -0.05) is 13.3 Å². The van der Waals surface area contributed by atoms with E-state index in [4.69, 9.17) is 23.7 Å². The van der Waals surface area contributed by atoms with Crippen LogP contribution in [0.15, 0.2) is 0 Å². The molecule has 0 bridgehead atoms. The third-order valence-electron chi connectivity index (χ3n) is 4.97. The first-order valence-corrected chi connectivity index (χ1v) is 9.63. The number of aliphatic hydroxyl groups excluding tert-OH is 7. The van der Waals surface area contributed by atoms with Crippen LogP contribution >= 0.6 is 0 Å². The van der Waals surface area contributed by atoms with Crippen molar-refractivity contribution in [1.82, 2.24) is 0 Å². The topological polar surface area (TPSA) is 205 Å². The normalized spacial score (nSPS) is 40.3. The van der Waals surface area contributed by atoms with E-state index in [1.54, 1.807) is 0 Å². The molecular weight excluding hydrogens is 435 g/mol. The summed E-state index contributed by atoms with van der Waals surface area (Å²) in [5, 5.41) is 69.3. The van der Waals surface area contributed by atoms with Crippen LogP contribution in [0.5, 0.6) is 0 Å². The van der Waals surface area contributed by atoms with Crippen molar-refractivity contribution in [2.75, 3.05) is 26.4 Å². The Morgan fingerprint density at radius 3 is 2.19 bits per heavy atom. The first-order valence-electron chi connectivity index (χ1n) is 9.63. The quantitative estimate of drug-likeness (QED) is 0.0982. The molecule has 2 heterocycles. The number of aliphatic hydroxyl groups is 7. The van der Waals surface area contributed by atoms with E-state index >= 15 is 0 Å². The van der Waals surface area contributed by atoms with Crippen molar-refractivity contribution < 1.29 is 64.2 Å². The van der Waals surface area contributed by atoms with Gasteiger partial charge < -0.3 is 59.4 Å². The van der Waals surface area contributed by atoms with Gasteiger partial charge in [0.2, 0.25) is 5.79 Å². The molecule has 31 heavy (non-hydrogen) atoms. The number of ether oxygens (including phenoxy) is 5. The molecule has 13 nitrogen and oxygen atoms in total. The van der Waals surface area contributed by atoms with E-state index in [9.17, 15) is 40.5 Å². The second kappa shape index (κ2) is 12.9. The summed E-state index contributed by atoms with van der Waals surface area (Å²) in [5.74, 6) is -2.29. The standard InChI is InChI=1S/C17H30O13.Na.H/c1-2-3-4-26-16(25)27-6-9-10(20)12(22)13(23)15(28-9)30-17(7-19)14(24)11(21)8(5-18)29-17;;/h8-15,18-24H,2-7H2,1H3;;/t8-,9-,10-,11-,12+,13-,14+,15-,17+;;/m1../s1. The molecule has 0 spiro atoms. The first-order chi connectivity index (χ1) is 14.2. The number of carbonyl (C=O) groups excluding carboxylic acids is 1. The van der Waals surface area contributed by atoms with Gasteiger partial charge in [0.05, 0.1) is 13.2 Å². The Kier molecular flexibility index (Phi) is 12.1. The van der Waals surface area contributed by atoms with Crippen LogP contribution in [-0.2, 0) is 23.7 Å². The van der Waals surface area contributed by atoms with E-state index < -0.39 is 80.8 Å². The molecule has 2 rings (SSSR count). The second-order valence-electron chi connectivity index (χ2n) is 7.14. The molecule has 0 aromatic heterocycles. The number of hydrogen-bond donors (Lipinski definition) is 7. The summed E-state index contributed by atoms with van der Waals surface area (Å²) in [6.07, 6.45) is -12.8. The van der Waals surface area contributed by atoms with Crippen molar-refractivity contribution >= 4 is 35.7 Å². The first kappa shape index (κ1) is 28.9. The zero-order valence-corrected chi connectivity index (χ0v) is 16.4. The molecule has 0 aromatic rings. The molecule has 0 aliphatic carbocycles. The van der Waals surface area contributed by atoms with Gasteiger partial charge in [0.15, 0.2) is 6.29 Å². The molecule has 0 radical (unpaired) electrons. The fourth-order valence-electron chi connectivity index (χ4n) is 3.11. The average Bonchev–Trinajstić information content (AvgIpc) is 2.98. The maximum absolute atomic E-state index is 11.6. The van der Waals surface area contributed by atoms with Crippen LogP contribution in [0.2, 0.25) is 0 Å². The molecular formula is C17H31NaO13. The fourth-order valence-corrected chi connectivity index (χ4v) is 3.11. The Hall–Kier alpha value is -0.130. The van der Waals surface area contributed by atoms with E-state index in [1.165, 1.54) is 0 Å². The minimum absolute atomic E-state index is 0. The molecule has 9 atom stereocenters. The summed E-state index contributed by atoms with van der Waals surface area (Å²) in [6, 6.07) is 0. The van der Waals surface area contributed by atoms with Gasteiger partial charge >= 0.3 is 35.7 Å². The van der Waals surface area contributed by atoms with Crippen LogP contribution in [0.1, 0.15) is 19.8 Å². The molecule has 178 valence electrons. The molecule has 0 amide bonds. The molecule has 2 aliphatic rings. The predicted octanol–water partition coefficient (Wildman–Crippen LogP) is -4.08. The summed E-state index contributed by atoms with van der Waals surface area (Å²) in [5.41, 5.74) is 0. The van der Waals surface area contributed by atoms with Crippen molar-refractivity contribution in [1.29, 1.82) is 0 Å². The number of unbranched alkanes of at least 4 members (excludes halogenated alkanes) is 1. The Balaban J connectivity index is 0.00000480. The zero-order chi connectivity index (χ0) is 22.5. The monoisotopic (exact) mass is 466 g/mol. The Morgan fingerprint density at radius 1 is 0.968 bits per heavy atom. The molecule has 0 saturated carbocycles. The van der Waals surface area contributed by atoms with Crippen LogP contribution in [-0.4, -0.2) is 153 Å². The van der Waals surface area contributed by atoms with Gasteiger partial charge in [-0.3, -0.25) is 0 Å². The Bertz CT molecular complexity index is 554. The fraction of sp³-hybridized carbons (Fsp3) is 0.941. The van der Waals surface area contributed by atoms with Crippen LogP contribution in [0.4, 0.5) is 4.79 Å². The average molecular weight is 466 g/mol. The minimum atomic E-state index is -2.29. The van der Waals surface area contributed by atoms with E-state index in [-0.39, 0.29) is 36.2 Å². The maximum atomic E-state index is 11.6. The predicted molar refractivity (Wildman–Crippen MR) is 101 cm³/mol. The van der Waals surface area contributed by atoms with Crippen molar-refractivity contribution in [2.24, 2.45) is 0 Å². The third-order valence-corrected chi connectivity index (χ3v) is 4.97. The SMILES string of the molecule is CCCCOC(=O)OC[C@H]1O[C@H](O[C@]2(CO)O[C@H](CO)[C@@H](O)[C@@H]2O)[C@H](O)[C@@H](O)[C@@H]1O.[NaH]. The van der Waals surface area contributed by atoms with E-state index in [2.05, 4.69) is 0 Å². The van der Waals surface area contributed by atoms with Crippen LogP contribution in [0, 0.1) is 0 Å². The van der Waals surface area contributed by atoms with E-state index in [0.29, 0.717) is 6.42 Å². The van der Waals surface area contributed by atoms with Gasteiger partial charge in [-0.15, -0.1) is 0 Å². The van der Waals surface area contributed by atoms with Crippen molar-refractivity contribution in [3.8, 4) is 0 Å². The molecule has 2 saturated heterocycles. The summed E-state index contributed by atoms with van der Waals surface area (Å²) in [6.45, 7) is -0.223. The van der Waals surface area contributed by atoms with Crippen LogP contribution in [0.3, 0.4) is 0 Å². The van der Waals surface area contributed by atoms with Gasteiger partial charge in [0.25, 0.3) is 0 Å². The Morgan fingerprint density at radius 2 is 1.65 bits per heavy atom.